The van der Waals surface area contributed by atoms with Gasteiger partial charge < -0.3 is 5.43 Å². The normalized spacial score (nSPS) is 14.9. The monoisotopic (exact) mass is 194 g/mol. The van der Waals surface area contributed by atoms with Gasteiger partial charge in [0.05, 0.1) is 12.3 Å². The molecule has 0 aliphatic carbocycles. The molecule has 0 atom stereocenters. The molecular weight excluding hydrogens is 186 g/mol. The van der Waals surface area contributed by atoms with Gasteiger partial charge in [-0.3, -0.25) is 0 Å². The Hall–Kier alpha value is -1.71. The van der Waals surface area contributed by atoms with Crippen LogP contribution < -0.4 is 5.43 Å². The van der Waals surface area contributed by atoms with Crippen LogP contribution in [-0.2, 0) is 0 Å². The van der Waals surface area contributed by atoms with Crippen LogP contribution in [0.15, 0.2) is 35.5 Å². The van der Waals surface area contributed by atoms with Gasteiger partial charge in [-0.2, -0.15) is 5.10 Å². The molecule has 1 aliphatic heterocycles. The fourth-order valence-corrected chi connectivity index (χ4v) is 1.25. The molecule has 0 aromatic heterocycles. The minimum absolute atomic E-state index is 0.436. The van der Waals surface area contributed by atoms with Crippen molar-refractivity contribution in [1.82, 2.24) is 5.43 Å². The summed E-state index contributed by atoms with van der Waals surface area (Å²) >= 11 is 0. The van der Waals surface area contributed by atoms with Crippen LogP contribution in [0.4, 0.5) is 8.78 Å². The van der Waals surface area contributed by atoms with Crippen LogP contribution in [0.2, 0.25) is 0 Å². The Labute approximate surface area is 79.9 Å². The van der Waals surface area contributed by atoms with E-state index in [0.717, 1.165) is 6.07 Å². The molecular formula is C10H8F2N2. The molecule has 2 nitrogen and oxygen atoms in total. The minimum atomic E-state index is -0.596. The number of nitrogens with one attached hydrogen (secondary N) is 1. The van der Waals surface area contributed by atoms with Gasteiger partial charge in [0.1, 0.15) is 11.6 Å². The van der Waals surface area contributed by atoms with E-state index >= 15 is 0 Å². The summed E-state index contributed by atoms with van der Waals surface area (Å²) in [5.41, 5.74) is 3.70. The molecule has 2 rings (SSSR count). The maximum Gasteiger partial charge on any atom is 0.126 e. The zero-order valence-corrected chi connectivity index (χ0v) is 7.30. The summed E-state index contributed by atoms with van der Waals surface area (Å²) in [5.74, 6) is -1.19. The van der Waals surface area contributed by atoms with Gasteiger partial charge in [-0.25, -0.2) is 8.78 Å². The molecule has 1 aromatic carbocycles. The van der Waals surface area contributed by atoms with E-state index < -0.39 is 11.6 Å². The van der Waals surface area contributed by atoms with Gasteiger partial charge in [-0.1, -0.05) is 6.08 Å². The summed E-state index contributed by atoms with van der Waals surface area (Å²) in [5, 5.41) is 3.93. The number of hydrazone groups is 1. The Kier molecular flexibility index (Phi) is 2.26. The summed E-state index contributed by atoms with van der Waals surface area (Å²) < 4.78 is 25.7. The zero-order valence-electron chi connectivity index (χ0n) is 7.30. The second-order valence-electron chi connectivity index (χ2n) is 2.92. The minimum Gasteiger partial charge on any atom is -0.306 e. The first-order valence-electron chi connectivity index (χ1n) is 4.19. The van der Waals surface area contributed by atoms with Crippen molar-refractivity contribution in [2.24, 2.45) is 5.10 Å². The first-order valence-corrected chi connectivity index (χ1v) is 4.19. The molecule has 0 fully saturated rings. The average Bonchev–Trinajstić information content (AvgIpc) is 2.18. The van der Waals surface area contributed by atoms with Crippen LogP contribution in [-0.4, -0.2) is 12.3 Å². The summed E-state index contributed by atoms with van der Waals surface area (Å²) in [6.45, 7) is 0.640. The topological polar surface area (TPSA) is 24.4 Å². The highest BCUT2D eigenvalue weighted by Gasteiger charge is 2.06. The SMILES string of the molecule is Fc1cc(F)cc(C2=NNCC=C2)c1. The predicted molar refractivity (Wildman–Crippen MR) is 50.0 cm³/mol. The van der Waals surface area contributed by atoms with Crippen molar-refractivity contribution in [3.8, 4) is 0 Å². The van der Waals surface area contributed by atoms with Crippen molar-refractivity contribution in [3.63, 3.8) is 0 Å². The smallest absolute Gasteiger partial charge is 0.126 e. The van der Waals surface area contributed by atoms with Crippen molar-refractivity contribution in [1.29, 1.82) is 0 Å². The molecule has 0 saturated carbocycles. The summed E-state index contributed by atoms with van der Waals surface area (Å²) in [6, 6.07) is 3.34. The Morgan fingerprint density at radius 3 is 2.43 bits per heavy atom. The molecule has 1 aliphatic rings. The molecule has 0 radical (unpaired) electrons. The Balaban J connectivity index is 2.40. The molecule has 72 valence electrons. The fourth-order valence-electron chi connectivity index (χ4n) is 1.25. The van der Waals surface area contributed by atoms with Crippen LogP contribution in [0.5, 0.6) is 0 Å². The van der Waals surface area contributed by atoms with E-state index in [4.69, 9.17) is 0 Å². The fraction of sp³-hybridized carbons (Fsp3) is 0.100. The maximum absolute atomic E-state index is 12.8. The van der Waals surface area contributed by atoms with E-state index in [1.54, 1.807) is 6.08 Å². The third kappa shape index (κ3) is 1.79. The van der Waals surface area contributed by atoms with Crippen molar-refractivity contribution in [2.75, 3.05) is 6.54 Å². The maximum atomic E-state index is 12.8. The first-order chi connectivity index (χ1) is 6.75. The number of hydrogen-bond acceptors (Lipinski definition) is 2. The van der Waals surface area contributed by atoms with Gasteiger partial charge in [0.15, 0.2) is 0 Å². The summed E-state index contributed by atoms with van der Waals surface area (Å²) in [6.07, 6.45) is 3.57. The largest absolute Gasteiger partial charge is 0.306 e. The lowest BCUT2D eigenvalue weighted by Crippen LogP contribution is -2.15. The number of benzene rings is 1. The number of allylic oxidation sites excluding steroid dienone is 1. The molecule has 1 N–H and O–H groups in total. The Morgan fingerprint density at radius 2 is 1.86 bits per heavy atom. The Bertz CT molecular complexity index is 390. The van der Waals surface area contributed by atoms with Gasteiger partial charge in [-0.15, -0.1) is 0 Å². The number of rotatable bonds is 1. The van der Waals surface area contributed by atoms with Crippen LogP contribution >= 0.6 is 0 Å². The number of halogens is 2. The van der Waals surface area contributed by atoms with E-state index in [0.29, 0.717) is 17.8 Å². The van der Waals surface area contributed by atoms with E-state index in [2.05, 4.69) is 10.5 Å². The average molecular weight is 194 g/mol. The Morgan fingerprint density at radius 1 is 1.14 bits per heavy atom. The van der Waals surface area contributed by atoms with Gasteiger partial charge >= 0.3 is 0 Å². The van der Waals surface area contributed by atoms with Crippen LogP contribution in [0.1, 0.15) is 5.56 Å². The lowest BCUT2D eigenvalue weighted by atomic mass is 10.1. The summed E-state index contributed by atoms with van der Waals surface area (Å²) in [4.78, 5) is 0. The van der Waals surface area contributed by atoms with Gasteiger partial charge in [0.25, 0.3) is 0 Å². The van der Waals surface area contributed by atoms with Gasteiger partial charge in [-0.05, 0) is 18.2 Å². The third-order valence-electron chi connectivity index (χ3n) is 1.84. The molecule has 0 amide bonds. The van der Waals surface area contributed by atoms with E-state index in [1.165, 1.54) is 12.1 Å². The number of hydrogen-bond donors (Lipinski definition) is 1. The van der Waals surface area contributed by atoms with Gasteiger partial charge in [0, 0.05) is 11.6 Å². The van der Waals surface area contributed by atoms with Crippen LogP contribution in [0.3, 0.4) is 0 Å². The zero-order chi connectivity index (χ0) is 9.97. The second kappa shape index (κ2) is 3.57. The highest BCUT2D eigenvalue weighted by atomic mass is 19.1. The highest BCUT2D eigenvalue weighted by molar-refractivity contribution is 6.08. The molecule has 14 heavy (non-hydrogen) atoms. The molecule has 0 bridgehead atoms. The van der Waals surface area contributed by atoms with Crippen molar-refractivity contribution >= 4 is 5.71 Å². The quantitative estimate of drug-likeness (QED) is 0.724. The third-order valence-corrected chi connectivity index (χ3v) is 1.84. The van der Waals surface area contributed by atoms with Crippen molar-refractivity contribution in [2.45, 2.75) is 0 Å². The lowest BCUT2D eigenvalue weighted by molar-refractivity contribution is 0.583. The number of nitrogens with zero attached hydrogens (tertiary/aromatic N) is 1. The molecule has 0 unspecified atom stereocenters. The van der Waals surface area contributed by atoms with E-state index in [9.17, 15) is 8.78 Å². The van der Waals surface area contributed by atoms with Crippen LogP contribution in [0.25, 0.3) is 0 Å². The standard InChI is InChI=1S/C10H8F2N2/c11-8-4-7(5-9(12)6-8)10-2-1-3-13-14-10/h1-2,4-6,13H,3H2. The van der Waals surface area contributed by atoms with Crippen molar-refractivity contribution in [3.05, 3.63) is 47.5 Å². The molecule has 0 saturated heterocycles. The van der Waals surface area contributed by atoms with Gasteiger partial charge in [0.2, 0.25) is 0 Å². The second-order valence-corrected chi connectivity index (χ2v) is 2.92. The summed E-state index contributed by atoms with van der Waals surface area (Å²) in [7, 11) is 0. The first kappa shape index (κ1) is 8.87. The van der Waals surface area contributed by atoms with Crippen LogP contribution in [0, 0.1) is 11.6 Å². The molecule has 0 spiro atoms. The highest BCUT2D eigenvalue weighted by Crippen LogP contribution is 2.10. The molecule has 4 heteroatoms. The van der Waals surface area contributed by atoms with E-state index in [-0.39, 0.29) is 0 Å². The van der Waals surface area contributed by atoms with E-state index in [1.807, 2.05) is 6.08 Å². The van der Waals surface area contributed by atoms with Crippen molar-refractivity contribution < 1.29 is 8.78 Å². The predicted octanol–water partition coefficient (Wildman–Crippen LogP) is 1.83. The lowest BCUT2D eigenvalue weighted by Gasteiger charge is -2.07. The molecule has 1 aromatic rings. The molecule has 1 heterocycles.